The Morgan fingerprint density at radius 2 is 1.61 bits per heavy atom. The minimum Gasteiger partial charge on any atom is -0.273 e. The first-order valence-corrected chi connectivity index (χ1v) is 7.37. The van der Waals surface area contributed by atoms with E-state index in [0.717, 1.165) is 6.42 Å². The summed E-state index contributed by atoms with van der Waals surface area (Å²) in [5, 5.41) is 3.94. The second-order valence-electron chi connectivity index (χ2n) is 4.92. The molecule has 0 saturated carbocycles. The van der Waals surface area contributed by atoms with E-state index in [1.807, 2.05) is 0 Å². The molecule has 3 heteroatoms. The van der Waals surface area contributed by atoms with Crippen molar-refractivity contribution in [2.24, 2.45) is 0 Å². The second-order valence-corrected chi connectivity index (χ2v) is 4.92. The van der Waals surface area contributed by atoms with Gasteiger partial charge in [0.2, 0.25) is 5.91 Å². The lowest BCUT2D eigenvalue weighted by Gasteiger charge is -2.02. The fourth-order valence-corrected chi connectivity index (χ4v) is 2.12. The average molecular weight is 250 g/mol. The first kappa shape index (κ1) is 14.9. The van der Waals surface area contributed by atoms with Crippen molar-refractivity contribution in [3.63, 3.8) is 0 Å². The van der Waals surface area contributed by atoms with E-state index in [0.29, 0.717) is 6.42 Å². The van der Waals surface area contributed by atoms with Crippen LogP contribution in [0.4, 0.5) is 0 Å². The lowest BCUT2D eigenvalue weighted by atomic mass is 10.1. The van der Waals surface area contributed by atoms with E-state index in [4.69, 9.17) is 0 Å². The lowest BCUT2D eigenvalue weighted by molar-refractivity contribution is 0.0883. The summed E-state index contributed by atoms with van der Waals surface area (Å²) in [6.07, 6.45) is 15.5. The largest absolute Gasteiger partial charge is 0.273 e. The third-order valence-corrected chi connectivity index (χ3v) is 3.25. The van der Waals surface area contributed by atoms with Crippen LogP contribution in [-0.2, 0) is 0 Å². The molecule has 18 heavy (non-hydrogen) atoms. The van der Waals surface area contributed by atoms with Gasteiger partial charge in [0.25, 0.3) is 0 Å². The van der Waals surface area contributed by atoms with Crippen molar-refractivity contribution in [1.82, 2.24) is 9.78 Å². The summed E-state index contributed by atoms with van der Waals surface area (Å²) in [4.78, 5) is 11.6. The molecule has 0 aliphatic carbocycles. The van der Waals surface area contributed by atoms with Crippen LogP contribution in [0.15, 0.2) is 18.5 Å². The highest BCUT2D eigenvalue weighted by Crippen LogP contribution is 2.10. The summed E-state index contributed by atoms with van der Waals surface area (Å²) in [6, 6.07) is 1.79. The standard InChI is InChI=1S/C15H26N2O/c1-2-3-4-5-6-7-8-9-10-12-15(18)17-14-11-13-16-17/h11,13-14H,2-10,12H2,1H3. The van der Waals surface area contributed by atoms with E-state index in [1.54, 1.807) is 18.5 Å². The van der Waals surface area contributed by atoms with Crippen molar-refractivity contribution >= 4 is 5.91 Å². The molecule has 1 aromatic heterocycles. The molecule has 0 radical (unpaired) electrons. The molecule has 0 fully saturated rings. The molecule has 1 aromatic rings. The number of hydrogen-bond acceptors (Lipinski definition) is 2. The van der Waals surface area contributed by atoms with E-state index in [9.17, 15) is 4.79 Å². The van der Waals surface area contributed by atoms with Crippen molar-refractivity contribution in [2.45, 2.75) is 71.1 Å². The SMILES string of the molecule is CCCCCCCCCCCC(=O)n1cccn1. The summed E-state index contributed by atoms with van der Waals surface area (Å²) >= 11 is 0. The van der Waals surface area contributed by atoms with Gasteiger partial charge in [-0.3, -0.25) is 4.79 Å². The molecule has 0 aliphatic heterocycles. The smallest absolute Gasteiger partial charge is 0.246 e. The summed E-state index contributed by atoms with van der Waals surface area (Å²) < 4.78 is 1.44. The van der Waals surface area contributed by atoms with E-state index >= 15 is 0 Å². The third-order valence-electron chi connectivity index (χ3n) is 3.25. The third kappa shape index (κ3) is 6.58. The zero-order chi connectivity index (χ0) is 13.1. The average Bonchev–Trinajstić information content (AvgIpc) is 2.90. The maximum atomic E-state index is 11.6. The number of nitrogens with zero attached hydrogens (tertiary/aromatic N) is 2. The molecule has 0 unspecified atom stereocenters. The Kier molecular flexibility index (Phi) is 8.19. The van der Waals surface area contributed by atoms with Crippen LogP contribution in [0, 0.1) is 0 Å². The van der Waals surface area contributed by atoms with Gasteiger partial charge in [-0.1, -0.05) is 58.3 Å². The van der Waals surface area contributed by atoms with Crippen LogP contribution in [0.5, 0.6) is 0 Å². The second kappa shape index (κ2) is 9.86. The van der Waals surface area contributed by atoms with Crippen LogP contribution < -0.4 is 0 Å². The quantitative estimate of drug-likeness (QED) is 0.575. The Balaban J connectivity index is 1.88. The summed E-state index contributed by atoms with van der Waals surface area (Å²) in [5.41, 5.74) is 0. The van der Waals surface area contributed by atoms with Gasteiger partial charge in [0.1, 0.15) is 0 Å². The molecule has 1 heterocycles. The molecule has 0 bridgehead atoms. The minimum atomic E-state index is 0.114. The van der Waals surface area contributed by atoms with Gasteiger partial charge in [0.05, 0.1) is 0 Å². The highest BCUT2D eigenvalue weighted by Gasteiger charge is 2.03. The zero-order valence-electron chi connectivity index (χ0n) is 11.6. The van der Waals surface area contributed by atoms with Crippen LogP contribution in [0.25, 0.3) is 0 Å². The lowest BCUT2D eigenvalue weighted by Crippen LogP contribution is -2.10. The Bertz CT molecular complexity index is 306. The maximum absolute atomic E-state index is 11.6. The maximum Gasteiger partial charge on any atom is 0.246 e. The highest BCUT2D eigenvalue weighted by molar-refractivity contribution is 5.77. The Morgan fingerprint density at radius 3 is 2.17 bits per heavy atom. The zero-order valence-corrected chi connectivity index (χ0v) is 11.6. The van der Waals surface area contributed by atoms with Crippen molar-refractivity contribution in [1.29, 1.82) is 0 Å². The molecule has 102 valence electrons. The summed E-state index contributed by atoms with van der Waals surface area (Å²) in [5.74, 6) is 0.114. The summed E-state index contributed by atoms with van der Waals surface area (Å²) in [7, 11) is 0. The number of aromatic nitrogens is 2. The molecule has 1 rings (SSSR count). The van der Waals surface area contributed by atoms with E-state index in [2.05, 4.69) is 12.0 Å². The van der Waals surface area contributed by atoms with Gasteiger partial charge in [-0.25, -0.2) is 4.68 Å². The predicted octanol–water partition coefficient (Wildman–Crippen LogP) is 4.44. The molecule has 3 nitrogen and oxygen atoms in total. The van der Waals surface area contributed by atoms with Crippen LogP contribution in [0.3, 0.4) is 0 Å². The molecule has 0 spiro atoms. The van der Waals surface area contributed by atoms with Gasteiger partial charge in [0, 0.05) is 18.8 Å². The first-order valence-electron chi connectivity index (χ1n) is 7.37. The van der Waals surface area contributed by atoms with Crippen LogP contribution in [-0.4, -0.2) is 15.7 Å². The number of carbonyl (C=O) groups is 1. The van der Waals surface area contributed by atoms with Gasteiger partial charge < -0.3 is 0 Å². The van der Waals surface area contributed by atoms with Gasteiger partial charge in [-0.05, 0) is 12.5 Å². The fraction of sp³-hybridized carbons (Fsp3) is 0.733. The molecule has 0 atom stereocenters. The van der Waals surface area contributed by atoms with Crippen LogP contribution >= 0.6 is 0 Å². The van der Waals surface area contributed by atoms with Crippen molar-refractivity contribution in [2.75, 3.05) is 0 Å². The Labute approximate surface area is 111 Å². The van der Waals surface area contributed by atoms with E-state index in [-0.39, 0.29) is 5.91 Å². The van der Waals surface area contributed by atoms with E-state index in [1.165, 1.54) is 56.0 Å². The fourth-order valence-electron chi connectivity index (χ4n) is 2.12. The molecule has 0 N–H and O–H groups in total. The molecule has 0 amide bonds. The van der Waals surface area contributed by atoms with Gasteiger partial charge in [0.15, 0.2) is 0 Å². The highest BCUT2D eigenvalue weighted by atomic mass is 16.2. The molecule has 0 saturated heterocycles. The van der Waals surface area contributed by atoms with Gasteiger partial charge in [-0.2, -0.15) is 5.10 Å². The van der Waals surface area contributed by atoms with Gasteiger partial charge >= 0.3 is 0 Å². The molecular formula is C15H26N2O. The van der Waals surface area contributed by atoms with Crippen LogP contribution in [0.1, 0.15) is 75.9 Å². The minimum absolute atomic E-state index is 0.114. The van der Waals surface area contributed by atoms with Crippen molar-refractivity contribution in [3.8, 4) is 0 Å². The topological polar surface area (TPSA) is 34.9 Å². The van der Waals surface area contributed by atoms with Crippen molar-refractivity contribution < 1.29 is 4.79 Å². The summed E-state index contributed by atoms with van der Waals surface area (Å²) in [6.45, 7) is 2.25. The van der Waals surface area contributed by atoms with E-state index < -0.39 is 0 Å². The number of rotatable bonds is 10. The van der Waals surface area contributed by atoms with Crippen LogP contribution in [0.2, 0.25) is 0 Å². The number of carbonyl (C=O) groups excluding carboxylic acids is 1. The normalized spacial score (nSPS) is 10.7. The van der Waals surface area contributed by atoms with Crippen molar-refractivity contribution in [3.05, 3.63) is 18.5 Å². The predicted molar refractivity (Wildman–Crippen MR) is 74.7 cm³/mol. The Hall–Kier alpha value is -1.12. The molecule has 0 aromatic carbocycles. The molecular weight excluding hydrogens is 224 g/mol. The monoisotopic (exact) mass is 250 g/mol. The Morgan fingerprint density at radius 1 is 1.00 bits per heavy atom. The first-order chi connectivity index (χ1) is 8.84. The number of unbranched alkanes of at least 4 members (excludes halogenated alkanes) is 8. The van der Waals surface area contributed by atoms with Gasteiger partial charge in [-0.15, -0.1) is 0 Å². The number of hydrogen-bond donors (Lipinski definition) is 0. The molecule has 0 aliphatic rings.